The Hall–Kier alpha value is -2.62. The van der Waals surface area contributed by atoms with Crippen molar-refractivity contribution < 1.29 is 4.57 Å². The average Bonchev–Trinajstić information content (AvgIpc) is 2.63. The number of rotatable bonds is 4. The van der Waals surface area contributed by atoms with Crippen LogP contribution in [-0.2, 0) is 10.7 Å². The number of nitriles is 1. The second-order valence-corrected chi connectivity index (χ2v) is 8.17. The minimum absolute atomic E-state index is 0.352. The van der Waals surface area contributed by atoms with Crippen molar-refractivity contribution in [3.05, 3.63) is 96.1 Å². The highest BCUT2D eigenvalue weighted by Crippen LogP contribution is 2.47. The smallest absolute Gasteiger partial charge is 0.147 e. The van der Waals surface area contributed by atoms with E-state index < -0.39 is 7.14 Å². The molecule has 0 saturated heterocycles. The third-order valence-corrected chi connectivity index (χ3v) is 6.93. The summed E-state index contributed by atoms with van der Waals surface area (Å²) >= 11 is 0. The molecule has 3 aromatic carbocycles. The van der Waals surface area contributed by atoms with E-state index in [1.165, 1.54) is 0 Å². The molecule has 3 aromatic rings. The Labute approximate surface area is 136 Å². The first-order valence-electron chi connectivity index (χ1n) is 7.42. The van der Waals surface area contributed by atoms with Crippen molar-refractivity contribution in [2.24, 2.45) is 0 Å². The summed E-state index contributed by atoms with van der Waals surface area (Å²) in [5, 5.41) is 11.0. The van der Waals surface area contributed by atoms with Crippen molar-refractivity contribution in [2.75, 3.05) is 0 Å². The lowest BCUT2D eigenvalue weighted by atomic mass is 10.1. The molecule has 23 heavy (non-hydrogen) atoms. The van der Waals surface area contributed by atoms with Crippen LogP contribution in [0.5, 0.6) is 0 Å². The molecule has 0 aliphatic rings. The topological polar surface area (TPSA) is 40.9 Å². The third-order valence-electron chi connectivity index (χ3n) is 3.88. The van der Waals surface area contributed by atoms with E-state index in [0.29, 0.717) is 11.7 Å². The van der Waals surface area contributed by atoms with Crippen LogP contribution in [0.1, 0.15) is 11.1 Å². The molecule has 0 unspecified atom stereocenters. The van der Waals surface area contributed by atoms with Crippen molar-refractivity contribution in [3.8, 4) is 6.07 Å². The lowest BCUT2D eigenvalue weighted by Gasteiger charge is -2.20. The van der Waals surface area contributed by atoms with Gasteiger partial charge in [0.1, 0.15) is 7.14 Å². The van der Waals surface area contributed by atoms with Gasteiger partial charge in [-0.3, -0.25) is 0 Å². The summed E-state index contributed by atoms with van der Waals surface area (Å²) in [6.45, 7) is 0. The van der Waals surface area contributed by atoms with Gasteiger partial charge in [0.15, 0.2) is 0 Å². The number of hydrogen-bond acceptors (Lipinski definition) is 2. The summed E-state index contributed by atoms with van der Waals surface area (Å²) in [6, 6.07) is 28.7. The maximum absolute atomic E-state index is 13.9. The number of nitrogens with zero attached hydrogens (tertiary/aromatic N) is 1. The highest BCUT2D eigenvalue weighted by molar-refractivity contribution is 7.78. The summed E-state index contributed by atoms with van der Waals surface area (Å²) in [5.74, 6) is 0. The minimum Gasteiger partial charge on any atom is -0.313 e. The predicted molar refractivity (Wildman–Crippen MR) is 94.6 cm³/mol. The first-order chi connectivity index (χ1) is 11.2. The van der Waals surface area contributed by atoms with Crippen LogP contribution in [0.4, 0.5) is 0 Å². The first-order valence-corrected chi connectivity index (χ1v) is 9.31. The fourth-order valence-corrected chi connectivity index (χ4v) is 5.40. The maximum Gasteiger partial charge on any atom is 0.147 e. The summed E-state index contributed by atoms with van der Waals surface area (Å²) < 4.78 is 13.9. The van der Waals surface area contributed by atoms with E-state index in [1.54, 1.807) is 6.07 Å². The van der Waals surface area contributed by atoms with E-state index in [0.717, 1.165) is 16.2 Å². The molecule has 0 amide bonds. The Bertz CT molecular complexity index is 839. The molecule has 0 bridgehead atoms. The molecule has 3 rings (SSSR count). The van der Waals surface area contributed by atoms with Gasteiger partial charge in [-0.05, 0) is 11.6 Å². The van der Waals surface area contributed by atoms with E-state index in [1.807, 2.05) is 78.9 Å². The van der Waals surface area contributed by atoms with E-state index in [-0.39, 0.29) is 0 Å². The van der Waals surface area contributed by atoms with Gasteiger partial charge < -0.3 is 4.57 Å². The van der Waals surface area contributed by atoms with Crippen molar-refractivity contribution in [1.29, 1.82) is 5.26 Å². The Morgan fingerprint density at radius 2 is 1.22 bits per heavy atom. The highest BCUT2D eigenvalue weighted by atomic mass is 31.2. The molecule has 0 aromatic heterocycles. The summed E-state index contributed by atoms with van der Waals surface area (Å²) in [4.78, 5) is 0. The Balaban J connectivity index is 2.14. The van der Waals surface area contributed by atoms with E-state index in [4.69, 9.17) is 0 Å². The van der Waals surface area contributed by atoms with Gasteiger partial charge in [-0.25, -0.2) is 0 Å². The van der Waals surface area contributed by atoms with Crippen molar-refractivity contribution in [2.45, 2.75) is 6.16 Å². The summed E-state index contributed by atoms with van der Waals surface area (Å²) in [5.41, 5.74) is 1.41. The quantitative estimate of drug-likeness (QED) is 0.681. The minimum atomic E-state index is -2.84. The highest BCUT2D eigenvalue weighted by Gasteiger charge is 2.28. The Kier molecular flexibility index (Phi) is 4.42. The van der Waals surface area contributed by atoms with Crippen molar-refractivity contribution >= 4 is 17.8 Å². The zero-order valence-corrected chi connectivity index (χ0v) is 13.5. The number of benzene rings is 3. The molecule has 0 radical (unpaired) electrons. The summed E-state index contributed by atoms with van der Waals surface area (Å²) in [6.07, 6.45) is 0.352. The molecule has 0 fully saturated rings. The van der Waals surface area contributed by atoms with E-state index in [9.17, 15) is 9.83 Å². The lowest BCUT2D eigenvalue weighted by molar-refractivity contribution is 0.586. The monoisotopic (exact) mass is 317 g/mol. The van der Waals surface area contributed by atoms with Gasteiger partial charge in [-0.1, -0.05) is 78.9 Å². The second kappa shape index (κ2) is 6.65. The van der Waals surface area contributed by atoms with Crippen LogP contribution in [-0.4, -0.2) is 0 Å². The molecular formula is C20H16NOP. The standard InChI is InChI=1S/C20H16NOP/c21-15-17-9-7-8-10-18(17)16-23(22,19-11-3-1-4-12-19)20-13-5-2-6-14-20/h1-14H,16H2. The van der Waals surface area contributed by atoms with Crippen LogP contribution in [0.3, 0.4) is 0 Å². The fourth-order valence-electron chi connectivity index (χ4n) is 2.68. The molecule has 3 heteroatoms. The van der Waals surface area contributed by atoms with Gasteiger partial charge in [0.25, 0.3) is 0 Å². The van der Waals surface area contributed by atoms with Gasteiger partial charge in [0.05, 0.1) is 11.6 Å². The van der Waals surface area contributed by atoms with E-state index in [2.05, 4.69) is 6.07 Å². The lowest BCUT2D eigenvalue weighted by Crippen LogP contribution is -2.17. The zero-order valence-electron chi connectivity index (χ0n) is 12.6. The van der Waals surface area contributed by atoms with Gasteiger partial charge in [0.2, 0.25) is 0 Å². The van der Waals surface area contributed by atoms with Crippen LogP contribution in [0, 0.1) is 11.3 Å². The molecule has 2 nitrogen and oxygen atoms in total. The molecule has 0 atom stereocenters. The average molecular weight is 317 g/mol. The summed E-state index contributed by atoms with van der Waals surface area (Å²) in [7, 11) is -2.84. The van der Waals surface area contributed by atoms with Gasteiger partial charge in [0, 0.05) is 16.8 Å². The van der Waals surface area contributed by atoms with Crippen LogP contribution < -0.4 is 10.6 Å². The molecule has 112 valence electrons. The van der Waals surface area contributed by atoms with Gasteiger partial charge in [-0.15, -0.1) is 0 Å². The second-order valence-electron chi connectivity index (χ2n) is 5.34. The maximum atomic E-state index is 13.9. The Morgan fingerprint density at radius 3 is 1.74 bits per heavy atom. The van der Waals surface area contributed by atoms with Crippen LogP contribution in [0.2, 0.25) is 0 Å². The van der Waals surface area contributed by atoms with Crippen LogP contribution >= 0.6 is 7.14 Å². The predicted octanol–water partition coefficient (Wildman–Crippen LogP) is 4.07. The molecular weight excluding hydrogens is 301 g/mol. The molecule has 0 saturated carbocycles. The number of hydrogen-bond donors (Lipinski definition) is 0. The molecule has 0 N–H and O–H groups in total. The van der Waals surface area contributed by atoms with Crippen molar-refractivity contribution in [3.63, 3.8) is 0 Å². The van der Waals surface area contributed by atoms with Crippen LogP contribution in [0.25, 0.3) is 0 Å². The molecule has 0 spiro atoms. The first kappa shape index (κ1) is 15.3. The molecule has 0 heterocycles. The largest absolute Gasteiger partial charge is 0.313 e. The third kappa shape index (κ3) is 3.11. The van der Waals surface area contributed by atoms with Gasteiger partial charge in [-0.2, -0.15) is 5.26 Å². The SMILES string of the molecule is N#Cc1ccccc1CP(=O)(c1ccccc1)c1ccccc1. The van der Waals surface area contributed by atoms with E-state index >= 15 is 0 Å². The zero-order chi connectivity index (χ0) is 16.1. The molecule has 0 aliphatic carbocycles. The van der Waals surface area contributed by atoms with Crippen LogP contribution in [0.15, 0.2) is 84.9 Å². The normalized spacial score (nSPS) is 10.9. The van der Waals surface area contributed by atoms with Gasteiger partial charge >= 0.3 is 0 Å². The molecule has 0 aliphatic heterocycles. The van der Waals surface area contributed by atoms with Crippen molar-refractivity contribution in [1.82, 2.24) is 0 Å². The fraction of sp³-hybridized carbons (Fsp3) is 0.0500. The Morgan fingerprint density at radius 1 is 0.739 bits per heavy atom.